The fourth-order valence-corrected chi connectivity index (χ4v) is 3.39. The number of nitrogens with zero attached hydrogens (tertiary/aromatic N) is 3. The molecule has 0 radical (unpaired) electrons. The van der Waals surface area contributed by atoms with Crippen LogP contribution in [0.4, 0.5) is 4.79 Å². The second-order valence-electron chi connectivity index (χ2n) is 6.87. The Morgan fingerprint density at radius 3 is 2.92 bits per heavy atom. The largest absolute Gasteiger partial charge is 0.338 e. The summed E-state index contributed by atoms with van der Waals surface area (Å²) in [5.41, 5.74) is 2.10. The third kappa shape index (κ3) is 5.16. The molecule has 1 aliphatic rings. The van der Waals surface area contributed by atoms with Gasteiger partial charge in [-0.25, -0.2) is 4.79 Å². The lowest BCUT2D eigenvalue weighted by Crippen LogP contribution is -2.38. The maximum Gasteiger partial charge on any atom is 0.317 e. The molecule has 2 amide bonds. The molecular formula is C20H28N4O. The van der Waals surface area contributed by atoms with Gasteiger partial charge in [-0.15, -0.1) is 0 Å². The highest BCUT2D eigenvalue weighted by molar-refractivity contribution is 5.79. The van der Waals surface area contributed by atoms with Crippen LogP contribution in [0.3, 0.4) is 0 Å². The Kier molecular flexibility index (Phi) is 6.23. The van der Waals surface area contributed by atoms with Gasteiger partial charge in [0.05, 0.1) is 5.52 Å². The van der Waals surface area contributed by atoms with E-state index in [0.29, 0.717) is 6.54 Å². The topological polar surface area (TPSA) is 48.5 Å². The normalized spacial score (nSPS) is 15.2. The van der Waals surface area contributed by atoms with Crippen LogP contribution in [-0.2, 0) is 6.54 Å². The van der Waals surface area contributed by atoms with Gasteiger partial charge in [0.25, 0.3) is 0 Å². The van der Waals surface area contributed by atoms with Crippen molar-refractivity contribution >= 4 is 16.9 Å². The number of carbonyl (C=O) groups excluding carboxylic acids is 1. The molecule has 0 unspecified atom stereocenters. The van der Waals surface area contributed by atoms with Crippen molar-refractivity contribution in [2.45, 2.75) is 32.2 Å². The fraction of sp³-hybridized carbons (Fsp3) is 0.500. The number of aromatic nitrogens is 1. The van der Waals surface area contributed by atoms with Gasteiger partial charge in [-0.1, -0.05) is 18.6 Å². The zero-order chi connectivity index (χ0) is 17.5. The third-order valence-corrected chi connectivity index (χ3v) is 4.81. The predicted octanol–water partition coefficient (Wildman–Crippen LogP) is 3.25. The molecule has 1 aromatic carbocycles. The molecular weight excluding hydrogens is 312 g/mol. The fourth-order valence-electron chi connectivity index (χ4n) is 3.39. The Hall–Kier alpha value is -2.14. The highest BCUT2D eigenvalue weighted by Gasteiger charge is 2.11. The van der Waals surface area contributed by atoms with Crippen molar-refractivity contribution < 1.29 is 4.79 Å². The highest BCUT2D eigenvalue weighted by atomic mass is 16.2. The number of benzene rings is 1. The lowest BCUT2D eigenvalue weighted by molar-refractivity contribution is 0.203. The van der Waals surface area contributed by atoms with Gasteiger partial charge in [-0.2, -0.15) is 0 Å². The van der Waals surface area contributed by atoms with E-state index in [-0.39, 0.29) is 6.03 Å². The molecule has 0 saturated carbocycles. The SMILES string of the molecule is CN(Cc1ccc2ncccc2c1)C(=O)NCCCN1CCCCC1. The standard InChI is InChI=1S/C20H28N4O/c1-23(16-17-8-9-19-18(15-17)7-5-10-21-19)20(25)22-11-6-14-24-12-3-2-4-13-24/h5,7-10,15H,2-4,6,11-14,16H2,1H3,(H,22,25). The van der Waals surface area contributed by atoms with E-state index in [9.17, 15) is 4.79 Å². The van der Waals surface area contributed by atoms with Crippen LogP contribution in [0.15, 0.2) is 36.5 Å². The minimum Gasteiger partial charge on any atom is -0.338 e. The number of piperidine rings is 1. The minimum absolute atomic E-state index is 0.00933. The third-order valence-electron chi connectivity index (χ3n) is 4.81. The number of hydrogen-bond donors (Lipinski definition) is 1. The van der Waals surface area contributed by atoms with Gasteiger partial charge < -0.3 is 15.1 Å². The van der Waals surface area contributed by atoms with Crippen molar-refractivity contribution in [1.29, 1.82) is 0 Å². The number of urea groups is 1. The summed E-state index contributed by atoms with van der Waals surface area (Å²) in [5.74, 6) is 0. The Bertz CT molecular complexity index is 697. The molecule has 25 heavy (non-hydrogen) atoms. The number of carbonyl (C=O) groups is 1. The van der Waals surface area contributed by atoms with Crippen molar-refractivity contribution in [3.8, 4) is 0 Å². The average Bonchev–Trinajstić information content (AvgIpc) is 2.65. The second kappa shape index (κ2) is 8.81. The highest BCUT2D eigenvalue weighted by Crippen LogP contribution is 2.14. The Morgan fingerprint density at radius 1 is 1.24 bits per heavy atom. The molecule has 134 valence electrons. The Labute approximate surface area is 150 Å². The summed E-state index contributed by atoms with van der Waals surface area (Å²) in [6, 6.07) is 10.1. The van der Waals surface area contributed by atoms with Gasteiger partial charge in [-0.05, 0) is 62.7 Å². The summed E-state index contributed by atoms with van der Waals surface area (Å²) >= 11 is 0. The maximum absolute atomic E-state index is 12.3. The van der Waals surface area contributed by atoms with Gasteiger partial charge in [-0.3, -0.25) is 4.98 Å². The van der Waals surface area contributed by atoms with Crippen LogP contribution in [0.5, 0.6) is 0 Å². The molecule has 0 atom stereocenters. The Balaban J connectivity index is 1.42. The molecule has 1 fully saturated rings. The van der Waals surface area contributed by atoms with Crippen LogP contribution in [0.2, 0.25) is 0 Å². The van der Waals surface area contributed by atoms with E-state index in [1.165, 1.54) is 32.4 Å². The maximum atomic E-state index is 12.3. The van der Waals surface area contributed by atoms with Crippen LogP contribution in [-0.4, -0.2) is 54.0 Å². The molecule has 1 aliphatic heterocycles. The van der Waals surface area contributed by atoms with E-state index in [1.54, 1.807) is 11.1 Å². The van der Waals surface area contributed by atoms with Gasteiger partial charge >= 0.3 is 6.03 Å². The van der Waals surface area contributed by atoms with Crippen LogP contribution < -0.4 is 5.32 Å². The summed E-state index contributed by atoms with van der Waals surface area (Å²) < 4.78 is 0. The smallest absolute Gasteiger partial charge is 0.317 e. The first kappa shape index (κ1) is 17.7. The summed E-state index contributed by atoms with van der Waals surface area (Å²) in [7, 11) is 1.84. The molecule has 1 N–H and O–H groups in total. The van der Waals surface area contributed by atoms with Crippen molar-refractivity contribution in [1.82, 2.24) is 20.1 Å². The molecule has 0 spiro atoms. The van der Waals surface area contributed by atoms with Gasteiger partial charge in [0.1, 0.15) is 0 Å². The summed E-state index contributed by atoms with van der Waals surface area (Å²) in [5, 5.41) is 4.13. The lowest BCUT2D eigenvalue weighted by Gasteiger charge is -2.26. The number of fused-ring (bicyclic) bond motifs is 1. The molecule has 5 nitrogen and oxygen atoms in total. The number of nitrogens with one attached hydrogen (secondary N) is 1. The van der Waals surface area contributed by atoms with Crippen molar-refractivity contribution in [2.75, 3.05) is 33.2 Å². The number of pyridine rings is 1. The van der Waals surface area contributed by atoms with Crippen LogP contribution in [0, 0.1) is 0 Å². The first-order valence-corrected chi connectivity index (χ1v) is 9.27. The predicted molar refractivity (Wildman–Crippen MR) is 102 cm³/mol. The van der Waals surface area contributed by atoms with E-state index in [0.717, 1.165) is 36.0 Å². The van der Waals surface area contributed by atoms with Gasteiger partial charge in [0.2, 0.25) is 0 Å². The van der Waals surface area contributed by atoms with Crippen molar-refractivity contribution in [2.24, 2.45) is 0 Å². The van der Waals surface area contributed by atoms with E-state index in [4.69, 9.17) is 0 Å². The van der Waals surface area contributed by atoms with E-state index in [1.807, 2.05) is 31.3 Å². The molecule has 5 heteroatoms. The molecule has 2 aromatic rings. The molecule has 0 aliphatic carbocycles. The first-order valence-electron chi connectivity index (χ1n) is 9.27. The average molecular weight is 340 g/mol. The number of amides is 2. The van der Waals surface area contributed by atoms with Gasteiger partial charge in [0, 0.05) is 31.7 Å². The van der Waals surface area contributed by atoms with Crippen molar-refractivity contribution in [3.05, 3.63) is 42.1 Å². The van der Waals surface area contributed by atoms with Crippen LogP contribution in [0.25, 0.3) is 10.9 Å². The summed E-state index contributed by atoms with van der Waals surface area (Å²) in [6.45, 7) is 4.85. The molecule has 0 bridgehead atoms. The Morgan fingerprint density at radius 2 is 2.08 bits per heavy atom. The van der Waals surface area contributed by atoms with Crippen molar-refractivity contribution in [3.63, 3.8) is 0 Å². The lowest BCUT2D eigenvalue weighted by atomic mass is 10.1. The number of rotatable bonds is 6. The second-order valence-corrected chi connectivity index (χ2v) is 6.87. The number of hydrogen-bond acceptors (Lipinski definition) is 3. The molecule has 1 aromatic heterocycles. The monoisotopic (exact) mass is 340 g/mol. The molecule has 1 saturated heterocycles. The van der Waals surface area contributed by atoms with Gasteiger partial charge in [0.15, 0.2) is 0 Å². The summed E-state index contributed by atoms with van der Waals surface area (Å²) in [4.78, 5) is 20.8. The molecule has 3 rings (SSSR count). The van der Waals surface area contributed by atoms with Crippen LogP contribution in [0.1, 0.15) is 31.2 Å². The first-order chi connectivity index (χ1) is 12.2. The van der Waals surface area contributed by atoms with E-state index in [2.05, 4.69) is 21.3 Å². The zero-order valence-corrected chi connectivity index (χ0v) is 15.1. The zero-order valence-electron chi connectivity index (χ0n) is 15.1. The molecule has 2 heterocycles. The number of likely N-dealkylation sites (tertiary alicyclic amines) is 1. The minimum atomic E-state index is -0.00933. The quantitative estimate of drug-likeness (QED) is 0.821. The van der Waals surface area contributed by atoms with Crippen LogP contribution >= 0.6 is 0 Å². The van der Waals surface area contributed by atoms with E-state index < -0.39 is 0 Å². The summed E-state index contributed by atoms with van der Waals surface area (Å²) in [6.07, 6.45) is 6.81. The van der Waals surface area contributed by atoms with E-state index >= 15 is 0 Å².